The summed E-state index contributed by atoms with van der Waals surface area (Å²) in [4.78, 5) is 14.9. The van der Waals surface area contributed by atoms with E-state index in [9.17, 15) is 4.79 Å². The van der Waals surface area contributed by atoms with E-state index in [4.69, 9.17) is 4.74 Å². The number of rotatable bonds is 5. The lowest BCUT2D eigenvalue weighted by Gasteiger charge is -2.27. The minimum atomic E-state index is -0.0488. The highest BCUT2D eigenvalue weighted by Crippen LogP contribution is 2.23. The van der Waals surface area contributed by atoms with Crippen molar-refractivity contribution in [3.63, 3.8) is 0 Å². The molecule has 1 saturated heterocycles. The molecule has 1 aromatic heterocycles. The van der Waals surface area contributed by atoms with E-state index in [-0.39, 0.29) is 5.91 Å². The number of carbonyl (C=O) groups excluding carboxylic acids is 1. The minimum Gasteiger partial charge on any atom is -0.378 e. The van der Waals surface area contributed by atoms with Crippen LogP contribution in [0.5, 0.6) is 0 Å². The van der Waals surface area contributed by atoms with Gasteiger partial charge in [0, 0.05) is 24.3 Å². The van der Waals surface area contributed by atoms with Crippen LogP contribution in [0.15, 0.2) is 78.9 Å². The van der Waals surface area contributed by atoms with E-state index < -0.39 is 0 Å². The van der Waals surface area contributed by atoms with Gasteiger partial charge < -0.3 is 15.0 Å². The van der Waals surface area contributed by atoms with Gasteiger partial charge in [0.2, 0.25) is 5.91 Å². The van der Waals surface area contributed by atoms with Crippen LogP contribution in [0.4, 0.5) is 11.5 Å². The highest BCUT2D eigenvalue weighted by Gasteiger charge is 2.13. The first-order valence-corrected chi connectivity index (χ1v) is 10.8. The second kappa shape index (κ2) is 9.16. The first-order valence-electron chi connectivity index (χ1n) is 10.8. The molecular weight excluding hydrogens is 400 g/mol. The van der Waals surface area contributed by atoms with Crippen LogP contribution in [0.1, 0.15) is 5.56 Å². The lowest BCUT2D eigenvalue weighted by Crippen LogP contribution is -2.36. The molecule has 5 rings (SSSR count). The van der Waals surface area contributed by atoms with E-state index in [2.05, 4.69) is 38.6 Å². The van der Waals surface area contributed by atoms with Crippen molar-refractivity contribution in [1.29, 1.82) is 0 Å². The van der Waals surface area contributed by atoms with Crippen LogP contribution in [-0.4, -0.2) is 42.4 Å². The van der Waals surface area contributed by atoms with Gasteiger partial charge in [-0.3, -0.25) is 4.79 Å². The summed E-state index contributed by atoms with van der Waals surface area (Å²) in [5.41, 5.74) is 3.44. The maximum absolute atomic E-state index is 12.7. The topological polar surface area (TPSA) is 67.4 Å². The molecular formula is C26H24N4O2. The molecule has 0 saturated carbocycles. The highest BCUT2D eigenvalue weighted by molar-refractivity contribution is 5.96. The zero-order valence-electron chi connectivity index (χ0n) is 17.7. The van der Waals surface area contributed by atoms with E-state index in [1.54, 1.807) is 0 Å². The summed E-state index contributed by atoms with van der Waals surface area (Å²) in [5.74, 6) is 0.809. The van der Waals surface area contributed by atoms with Crippen LogP contribution in [0.3, 0.4) is 0 Å². The Hall–Kier alpha value is -3.77. The Labute approximate surface area is 186 Å². The molecule has 4 aromatic rings. The van der Waals surface area contributed by atoms with E-state index in [0.29, 0.717) is 19.6 Å². The van der Waals surface area contributed by atoms with Gasteiger partial charge in [0.25, 0.3) is 0 Å². The van der Waals surface area contributed by atoms with Crippen molar-refractivity contribution in [2.24, 2.45) is 0 Å². The van der Waals surface area contributed by atoms with Gasteiger partial charge in [0.1, 0.15) is 0 Å². The number of morpholine rings is 1. The lowest BCUT2D eigenvalue weighted by atomic mass is 10.0. The highest BCUT2D eigenvalue weighted by atomic mass is 16.5. The smallest absolute Gasteiger partial charge is 0.228 e. The van der Waals surface area contributed by atoms with Crippen LogP contribution >= 0.6 is 0 Å². The number of aromatic nitrogens is 2. The Morgan fingerprint density at radius 3 is 2.56 bits per heavy atom. The fourth-order valence-electron chi connectivity index (χ4n) is 4.02. The van der Waals surface area contributed by atoms with Crippen LogP contribution in [0.25, 0.3) is 22.0 Å². The fourth-order valence-corrected chi connectivity index (χ4v) is 4.02. The summed E-state index contributed by atoms with van der Waals surface area (Å²) in [5, 5.41) is 14.1. The van der Waals surface area contributed by atoms with Crippen molar-refractivity contribution in [2.45, 2.75) is 6.42 Å². The number of benzene rings is 3. The van der Waals surface area contributed by atoms with Gasteiger partial charge in [-0.2, -0.15) is 0 Å². The zero-order valence-corrected chi connectivity index (χ0v) is 17.7. The summed E-state index contributed by atoms with van der Waals surface area (Å²) in [6, 6.07) is 25.8. The molecule has 3 aromatic carbocycles. The fraction of sp³-hybridized carbons (Fsp3) is 0.192. The molecule has 1 fully saturated rings. The largest absolute Gasteiger partial charge is 0.378 e. The van der Waals surface area contributed by atoms with Gasteiger partial charge in [-0.15, -0.1) is 10.2 Å². The summed E-state index contributed by atoms with van der Waals surface area (Å²) in [6.45, 7) is 3.08. The number of nitrogens with one attached hydrogen (secondary N) is 1. The number of fused-ring (bicyclic) bond motifs is 1. The van der Waals surface area contributed by atoms with Crippen molar-refractivity contribution in [2.75, 3.05) is 36.5 Å². The normalized spacial score (nSPS) is 13.8. The molecule has 32 heavy (non-hydrogen) atoms. The van der Waals surface area contributed by atoms with Crippen LogP contribution in [0.2, 0.25) is 0 Å². The van der Waals surface area contributed by atoms with Crippen molar-refractivity contribution in [3.8, 4) is 11.3 Å². The molecule has 6 heteroatoms. The standard InChI is InChI=1S/C26H24N4O2/c31-26(18-20-7-3-6-19-5-1-2-10-23(19)20)27-22-9-4-8-21(17-22)24-11-12-25(29-28-24)30-13-15-32-16-14-30/h1-12,17H,13-16,18H2,(H,27,31). The molecule has 2 heterocycles. The van der Waals surface area contributed by atoms with E-state index in [0.717, 1.165) is 52.2 Å². The predicted molar refractivity (Wildman–Crippen MR) is 127 cm³/mol. The molecule has 0 spiro atoms. The second-order valence-electron chi connectivity index (χ2n) is 7.82. The number of nitrogens with zero attached hydrogens (tertiary/aromatic N) is 3. The Balaban J connectivity index is 1.29. The molecule has 1 aliphatic rings. The maximum Gasteiger partial charge on any atom is 0.228 e. The molecule has 0 unspecified atom stereocenters. The molecule has 0 radical (unpaired) electrons. The van der Waals surface area contributed by atoms with Crippen molar-refractivity contribution in [3.05, 3.63) is 84.4 Å². The average molecular weight is 425 g/mol. The van der Waals surface area contributed by atoms with Crippen LogP contribution in [0, 0.1) is 0 Å². The molecule has 1 amide bonds. The van der Waals surface area contributed by atoms with Gasteiger partial charge in [-0.05, 0) is 40.6 Å². The van der Waals surface area contributed by atoms with Crippen molar-refractivity contribution in [1.82, 2.24) is 10.2 Å². The number of anilines is 2. The number of hydrogen-bond donors (Lipinski definition) is 1. The zero-order chi connectivity index (χ0) is 21.8. The SMILES string of the molecule is O=C(Cc1cccc2ccccc12)Nc1cccc(-c2ccc(N3CCOCC3)nn2)c1. The molecule has 0 atom stereocenters. The van der Waals surface area contributed by atoms with Crippen molar-refractivity contribution < 1.29 is 9.53 Å². The first-order chi connectivity index (χ1) is 15.8. The molecule has 6 nitrogen and oxygen atoms in total. The number of hydrogen-bond acceptors (Lipinski definition) is 5. The molecule has 1 aliphatic heterocycles. The summed E-state index contributed by atoms with van der Waals surface area (Å²) < 4.78 is 5.39. The molecule has 0 bridgehead atoms. The predicted octanol–water partition coefficient (Wildman–Crippen LogP) is 4.31. The Kier molecular flexibility index (Phi) is 5.77. The maximum atomic E-state index is 12.7. The molecule has 160 valence electrons. The molecule has 1 N–H and O–H groups in total. The van der Waals surface area contributed by atoms with Gasteiger partial charge >= 0.3 is 0 Å². The number of carbonyl (C=O) groups is 1. The van der Waals surface area contributed by atoms with Gasteiger partial charge in [-0.25, -0.2) is 0 Å². The average Bonchev–Trinajstić information content (AvgIpc) is 2.85. The Morgan fingerprint density at radius 1 is 0.906 bits per heavy atom. The summed E-state index contributed by atoms with van der Waals surface area (Å²) in [6.07, 6.45) is 0.319. The Morgan fingerprint density at radius 2 is 1.72 bits per heavy atom. The third kappa shape index (κ3) is 4.45. The third-order valence-corrected chi connectivity index (χ3v) is 5.66. The van der Waals surface area contributed by atoms with E-state index in [1.807, 2.05) is 60.7 Å². The summed E-state index contributed by atoms with van der Waals surface area (Å²) in [7, 11) is 0. The lowest BCUT2D eigenvalue weighted by molar-refractivity contribution is -0.115. The summed E-state index contributed by atoms with van der Waals surface area (Å²) >= 11 is 0. The monoisotopic (exact) mass is 424 g/mol. The minimum absolute atomic E-state index is 0.0488. The van der Waals surface area contributed by atoms with E-state index >= 15 is 0 Å². The van der Waals surface area contributed by atoms with Gasteiger partial charge in [-0.1, -0.05) is 54.6 Å². The van der Waals surface area contributed by atoms with Crippen LogP contribution in [-0.2, 0) is 16.0 Å². The molecule has 0 aliphatic carbocycles. The second-order valence-corrected chi connectivity index (χ2v) is 7.82. The third-order valence-electron chi connectivity index (χ3n) is 5.66. The van der Waals surface area contributed by atoms with E-state index in [1.165, 1.54) is 0 Å². The Bertz CT molecular complexity index is 1230. The van der Waals surface area contributed by atoms with Gasteiger partial charge in [0.15, 0.2) is 5.82 Å². The number of ether oxygens (including phenoxy) is 1. The van der Waals surface area contributed by atoms with Gasteiger partial charge in [0.05, 0.1) is 25.3 Å². The van der Waals surface area contributed by atoms with Crippen LogP contribution < -0.4 is 10.2 Å². The first kappa shape index (κ1) is 20.2. The quantitative estimate of drug-likeness (QED) is 0.517. The van der Waals surface area contributed by atoms with Crippen molar-refractivity contribution >= 4 is 28.2 Å². The number of amides is 1.